The van der Waals surface area contributed by atoms with Crippen molar-refractivity contribution in [3.63, 3.8) is 0 Å². The molecule has 2 aliphatic rings. The lowest BCUT2D eigenvalue weighted by Crippen LogP contribution is -2.64. The highest BCUT2D eigenvalue weighted by atomic mass is 35.5. The SMILES string of the molecule is NCCC(=O)N[C@H](Cc1ccc(Cl)cc1Cl)C(=O)N1CCN(C2(CNC(=O)C(F)(F)F)CCCCC2)CC1. The van der Waals surface area contributed by atoms with Gasteiger partial charge >= 0.3 is 12.1 Å². The zero-order valence-corrected chi connectivity index (χ0v) is 22.6. The number of nitrogens with two attached hydrogens (primary N) is 1. The van der Waals surface area contributed by atoms with Gasteiger partial charge in [0.25, 0.3) is 0 Å². The molecule has 3 rings (SSSR count). The van der Waals surface area contributed by atoms with Crippen LogP contribution in [0.1, 0.15) is 44.1 Å². The molecule has 1 aliphatic carbocycles. The highest BCUT2D eigenvalue weighted by molar-refractivity contribution is 6.35. The molecule has 1 atom stereocenters. The summed E-state index contributed by atoms with van der Waals surface area (Å²) in [5, 5.41) is 5.69. The van der Waals surface area contributed by atoms with Crippen LogP contribution in [0, 0.1) is 0 Å². The molecule has 0 unspecified atom stereocenters. The largest absolute Gasteiger partial charge is 0.471 e. The van der Waals surface area contributed by atoms with Crippen molar-refractivity contribution < 1.29 is 27.6 Å². The number of hydrogen-bond donors (Lipinski definition) is 3. The molecule has 1 saturated heterocycles. The van der Waals surface area contributed by atoms with Gasteiger partial charge in [0.1, 0.15) is 6.04 Å². The zero-order valence-electron chi connectivity index (χ0n) is 21.1. The van der Waals surface area contributed by atoms with Crippen LogP contribution in [0.25, 0.3) is 0 Å². The first-order chi connectivity index (χ1) is 17.9. The van der Waals surface area contributed by atoms with E-state index in [0.29, 0.717) is 54.6 Å². The number of halogens is 5. The van der Waals surface area contributed by atoms with Gasteiger partial charge in [0.2, 0.25) is 11.8 Å². The van der Waals surface area contributed by atoms with Gasteiger partial charge in [0.15, 0.2) is 0 Å². The minimum Gasteiger partial charge on any atom is -0.346 e. The van der Waals surface area contributed by atoms with Crippen molar-refractivity contribution in [2.45, 2.75) is 62.7 Å². The number of carbonyl (C=O) groups excluding carboxylic acids is 3. The molecule has 1 aromatic carbocycles. The number of piperazine rings is 1. The van der Waals surface area contributed by atoms with Crippen LogP contribution in [0.2, 0.25) is 10.0 Å². The third kappa shape index (κ3) is 7.97. The van der Waals surface area contributed by atoms with Crippen molar-refractivity contribution in [1.82, 2.24) is 20.4 Å². The maximum Gasteiger partial charge on any atom is 0.471 e. The average molecular weight is 580 g/mol. The summed E-state index contributed by atoms with van der Waals surface area (Å²) in [4.78, 5) is 41.1. The molecule has 0 aromatic heterocycles. The Hall–Kier alpha value is -2.08. The van der Waals surface area contributed by atoms with Crippen LogP contribution in [0.4, 0.5) is 13.2 Å². The van der Waals surface area contributed by atoms with Crippen molar-refractivity contribution in [2.75, 3.05) is 39.3 Å². The number of nitrogens with one attached hydrogen (secondary N) is 2. The first-order valence-electron chi connectivity index (χ1n) is 12.8. The zero-order chi connectivity index (χ0) is 27.9. The van der Waals surface area contributed by atoms with Crippen molar-refractivity contribution >= 4 is 40.9 Å². The Morgan fingerprint density at radius 2 is 1.71 bits per heavy atom. The Morgan fingerprint density at radius 1 is 1.05 bits per heavy atom. The lowest BCUT2D eigenvalue weighted by Gasteiger charge is -2.50. The van der Waals surface area contributed by atoms with E-state index in [9.17, 15) is 27.6 Å². The van der Waals surface area contributed by atoms with Crippen molar-refractivity contribution in [1.29, 1.82) is 0 Å². The Labute approximate surface area is 230 Å². The van der Waals surface area contributed by atoms with E-state index < -0.39 is 23.7 Å². The van der Waals surface area contributed by atoms with Crippen LogP contribution >= 0.6 is 23.2 Å². The van der Waals surface area contributed by atoms with Gasteiger partial charge in [0.05, 0.1) is 0 Å². The second kappa shape index (κ2) is 13.3. The van der Waals surface area contributed by atoms with E-state index in [4.69, 9.17) is 28.9 Å². The standard InChI is InChI=1S/C25H34Cl2F3N5O3/c26-18-5-4-17(19(27)15-18)14-20(33-21(36)6-9-31)22(37)34-10-12-35(13-11-34)24(7-2-1-3-8-24)16-32-23(38)25(28,29)30/h4-5,15,20H,1-3,6-14,16,31H2,(H,32,38)(H,33,36)/t20-/m1/s1. The van der Waals surface area contributed by atoms with E-state index in [1.807, 2.05) is 0 Å². The molecular weight excluding hydrogens is 546 g/mol. The Balaban J connectivity index is 1.69. The van der Waals surface area contributed by atoms with Crippen LogP contribution in [-0.2, 0) is 20.8 Å². The molecule has 1 aliphatic heterocycles. The van der Waals surface area contributed by atoms with Gasteiger partial charge < -0.3 is 21.3 Å². The van der Waals surface area contributed by atoms with Gasteiger partial charge in [-0.3, -0.25) is 19.3 Å². The molecule has 8 nitrogen and oxygen atoms in total. The number of nitrogens with zero attached hydrogens (tertiary/aromatic N) is 2. The molecule has 13 heteroatoms. The van der Waals surface area contributed by atoms with Crippen LogP contribution in [0.5, 0.6) is 0 Å². The monoisotopic (exact) mass is 579 g/mol. The van der Waals surface area contributed by atoms with Gasteiger partial charge in [-0.1, -0.05) is 48.5 Å². The van der Waals surface area contributed by atoms with Crippen LogP contribution in [-0.4, -0.2) is 84.5 Å². The first kappa shape index (κ1) is 30.5. The van der Waals surface area contributed by atoms with Crippen molar-refractivity contribution in [3.8, 4) is 0 Å². The van der Waals surface area contributed by atoms with Crippen LogP contribution < -0.4 is 16.4 Å². The Morgan fingerprint density at radius 3 is 2.29 bits per heavy atom. The fraction of sp³-hybridized carbons (Fsp3) is 0.640. The van der Waals surface area contributed by atoms with Crippen molar-refractivity contribution in [3.05, 3.63) is 33.8 Å². The summed E-state index contributed by atoms with van der Waals surface area (Å²) in [5.41, 5.74) is 5.57. The number of benzene rings is 1. The van der Waals surface area contributed by atoms with E-state index in [-0.39, 0.29) is 37.7 Å². The molecule has 0 radical (unpaired) electrons. The van der Waals surface area contributed by atoms with Gasteiger partial charge in [-0.25, -0.2) is 0 Å². The quantitative estimate of drug-likeness (QED) is 0.417. The second-order valence-corrected chi connectivity index (χ2v) is 10.7. The van der Waals surface area contributed by atoms with E-state index in [0.717, 1.165) is 19.3 Å². The fourth-order valence-electron chi connectivity index (χ4n) is 5.29. The topological polar surface area (TPSA) is 108 Å². The molecule has 0 spiro atoms. The summed E-state index contributed by atoms with van der Waals surface area (Å²) in [6.45, 7) is 1.61. The molecule has 1 aromatic rings. The summed E-state index contributed by atoms with van der Waals surface area (Å²) < 4.78 is 38.4. The van der Waals surface area contributed by atoms with Gasteiger partial charge in [-0.2, -0.15) is 13.2 Å². The summed E-state index contributed by atoms with van der Waals surface area (Å²) in [6, 6.07) is 4.07. The normalized spacial score (nSPS) is 19.1. The molecule has 2 fully saturated rings. The molecule has 38 heavy (non-hydrogen) atoms. The van der Waals surface area contributed by atoms with Gasteiger partial charge in [0, 0.05) is 67.7 Å². The summed E-state index contributed by atoms with van der Waals surface area (Å²) in [7, 11) is 0. The number of rotatable bonds is 9. The minimum absolute atomic E-state index is 0.0675. The van der Waals surface area contributed by atoms with Crippen LogP contribution in [0.3, 0.4) is 0 Å². The van der Waals surface area contributed by atoms with Crippen molar-refractivity contribution in [2.24, 2.45) is 5.73 Å². The van der Waals surface area contributed by atoms with E-state index in [1.54, 1.807) is 23.1 Å². The molecule has 0 bridgehead atoms. The highest BCUT2D eigenvalue weighted by Gasteiger charge is 2.44. The molecule has 4 N–H and O–H groups in total. The van der Waals surface area contributed by atoms with Gasteiger partial charge in [-0.05, 0) is 30.5 Å². The maximum absolute atomic E-state index is 13.5. The third-order valence-corrected chi connectivity index (χ3v) is 7.91. The smallest absolute Gasteiger partial charge is 0.346 e. The molecule has 3 amide bonds. The third-order valence-electron chi connectivity index (χ3n) is 7.33. The van der Waals surface area contributed by atoms with Crippen LogP contribution in [0.15, 0.2) is 18.2 Å². The maximum atomic E-state index is 13.5. The number of carbonyl (C=O) groups is 3. The Kier molecular flexibility index (Phi) is 10.7. The lowest BCUT2D eigenvalue weighted by molar-refractivity contribution is -0.174. The number of amides is 3. The Bertz CT molecular complexity index is 997. The molecule has 1 saturated carbocycles. The average Bonchev–Trinajstić information content (AvgIpc) is 2.88. The van der Waals surface area contributed by atoms with Gasteiger partial charge in [-0.15, -0.1) is 0 Å². The fourth-order valence-corrected chi connectivity index (χ4v) is 5.77. The number of hydrogen-bond acceptors (Lipinski definition) is 5. The lowest BCUT2D eigenvalue weighted by atomic mass is 9.79. The van der Waals surface area contributed by atoms with E-state index in [1.165, 1.54) is 0 Å². The second-order valence-electron chi connectivity index (χ2n) is 9.88. The van der Waals surface area contributed by atoms with E-state index >= 15 is 0 Å². The molecule has 1 heterocycles. The molecular formula is C25H34Cl2F3N5O3. The van der Waals surface area contributed by atoms with E-state index in [2.05, 4.69) is 15.5 Å². The summed E-state index contributed by atoms with van der Waals surface area (Å²) >= 11 is 12.3. The predicted octanol–water partition coefficient (Wildman–Crippen LogP) is 2.90. The molecule has 212 valence electrons. The highest BCUT2D eigenvalue weighted by Crippen LogP contribution is 2.34. The summed E-state index contributed by atoms with van der Waals surface area (Å²) in [5.74, 6) is -2.56. The number of alkyl halides is 3. The minimum atomic E-state index is -4.93. The summed E-state index contributed by atoms with van der Waals surface area (Å²) in [6.07, 6.45) is -0.646. The first-order valence-corrected chi connectivity index (χ1v) is 13.5. The predicted molar refractivity (Wildman–Crippen MR) is 139 cm³/mol.